The second kappa shape index (κ2) is 13.4. The van der Waals surface area contributed by atoms with Crippen molar-refractivity contribution in [1.82, 2.24) is 4.90 Å². The molecule has 5 rings (SSSR count). The van der Waals surface area contributed by atoms with E-state index in [9.17, 15) is 19.5 Å². The molecule has 1 amide bonds. The van der Waals surface area contributed by atoms with Crippen LogP contribution in [0.3, 0.4) is 0 Å². The number of thioether (sulfide) groups is 1. The van der Waals surface area contributed by atoms with Crippen molar-refractivity contribution in [3.8, 4) is 5.75 Å². The summed E-state index contributed by atoms with van der Waals surface area (Å²) in [6, 6.07) is 20.9. The van der Waals surface area contributed by atoms with Crippen LogP contribution in [0.15, 0.2) is 88.8 Å². The lowest BCUT2D eigenvalue weighted by atomic mass is 9.78. The number of rotatable bonds is 8. The van der Waals surface area contributed by atoms with Crippen LogP contribution in [-0.4, -0.2) is 58.1 Å². The normalized spacial score (nSPS) is 19.7. The van der Waals surface area contributed by atoms with E-state index in [1.54, 1.807) is 11.6 Å². The minimum absolute atomic E-state index is 0.146. The molecule has 0 aromatic heterocycles. The van der Waals surface area contributed by atoms with Crippen LogP contribution in [-0.2, 0) is 34.7 Å². The number of benzene rings is 3. The number of amides is 1. The van der Waals surface area contributed by atoms with E-state index in [1.807, 2.05) is 114 Å². The van der Waals surface area contributed by atoms with Gasteiger partial charge in [-0.2, -0.15) is 0 Å². The SMILES string of the molecule is CC(=O)OCC1=CS[C@@H]2[C@H](/N=C/c3cc(C(C)(C)C)c(O)c(C(C)(C)C)c3)C(=O)N2C1C(=O)OC(c1ccccc1)c1ccccc1. The van der Waals surface area contributed by atoms with Crippen LogP contribution in [0.1, 0.15) is 82.4 Å². The van der Waals surface area contributed by atoms with Crippen LogP contribution in [0.2, 0.25) is 0 Å². The van der Waals surface area contributed by atoms with Gasteiger partial charge in [0.05, 0.1) is 0 Å². The quantitative estimate of drug-likeness (QED) is 0.161. The average Bonchev–Trinajstić information content (AvgIpc) is 3.02. The van der Waals surface area contributed by atoms with E-state index in [0.717, 1.165) is 27.8 Å². The molecule has 1 saturated heterocycles. The Hall–Kier alpha value is -4.37. The maximum Gasteiger partial charge on any atom is 0.334 e. The monoisotopic (exact) mass is 654 g/mol. The number of nitrogens with zero attached hydrogens (tertiary/aromatic N) is 2. The number of esters is 2. The van der Waals surface area contributed by atoms with Crippen LogP contribution in [0.5, 0.6) is 5.75 Å². The van der Waals surface area contributed by atoms with Crippen LogP contribution in [0, 0.1) is 0 Å². The van der Waals surface area contributed by atoms with E-state index >= 15 is 0 Å². The number of phenolic OH excluding ortho intramolecular Hbond substituents is 1. The largest absolute Gasteiger partial charge is 0.507 e. The van der Waals surface area contributed by atoms with Gasteiger partial charge in [-0.15, -0.1) is 11.8 Å². The molecule has 1 unspecified atom stereocenters. The van der Waals surface area contributed by atoms with Gasteiger partial charge < -0.3 is 19.5 Å². The number of carbonyl (C=O) groups excluding carboxylic acids is 3. The third-order valence-corrected chi connectivity index (χ3v) is 9.48. The Morgan fingerprint density at radius 1 is 0.936 bits per heavy atom. The summed E-state index contributed by atoms with van der Waals surface area (Å²) in [6.07, 6.45) is 0.970. The Morgan fingerprint density at radius 3 is 1.96 bits per heavy atom. The van der Waals surface area contributed by atoms with Crippen molar-refractivity contribution >= 4 is 35.8 Å². The van der Waals surface area contributed by atoms with Gasteiger partial charge in [0.15, 0.2) is 18.2 Å². The highest BCUT2D eigenvalue weighted by Gasteiger charge is 2.56. The molecule has 3 atom stereocenters. The second-order valence-electron chi connectivity index (χ2n) is 14.0. The maximum absolute atomic E-state index is 14.1. The first-order valence-electron chi connectivity index (χ1n) is 15.7. The molecular formula is C38H42N2O6S. The van der Waals surface area contributed by atoms with Crippen molar-refractivity contribution in [2.45, 2.75) is 82.9 Å². The number of aromatic hydroxyl groups is 1. The number of phenols is 1. The van der Waals surface area contributed by atoms with E-state index in [4.69, 9.17) is 14.5 Å². The van der Waals surface area contributed by atoms with Crippen LogP contribution < -0.4 is 0 Å². The average molecular weight is 655 g/mol. The zero-order valence-electron chi connectivity index (χ0n) is 27.9. The number of β-lactam (4-membered cyclic amide) rings is 1. The van der Waals surface area contributed by atoms with Crippen molar-refractivity contribution in [1.29, 1.82) is 0 Å². The summed E-state index contributed by atoms with van der Waals surface area (Å²) in [5.74, 6) is -1.17. The number of ether oxygens (including phenoxy) is 2. The maximum atomic E-state index is 14.1. The molecule has 0 aliphatic carbocycles. The molecule has 0 saturated carbocycles. The van der Waals surface area contributed by atoms with Gasteiger partial charge in [-0.3, -0.25) is 14.6 Å². The zero-order valence-corrected chi connectivity index (χ0v) is 28.7. The summed E-state index contributed by atoms with van der Waals surface area (Å²) in [5.41, 5.74) is 3.78. The Morgan fingerprint density at radius 2 is 1.47 bits per heavy atom. The van der Waals surface area contributed by atoms with Crippen molar-refractivity contribution in [3.05, 3.63) is 112 Å². The summed E-state index contributed by atoms with van der Waals surface area (Å²) >= 11 is 1.36. The highest BCUT2D eigenvalue weighted by Crippen LogP contribution is 2.43. The Bertz CT molecular complexity index is 1630. The fourth-order valence-electron chi connectivity index (χ4n) is 5.79. The number of fused-ring (bicyclic) bond motifs is 1. The topological polar surface area (TPSA) is 106 Å². The van der Waals surface area contributed by atoms with Gasteiger partial charge in [0.2, 0.25) is 0 Å². The minimum Gasteiger partial charge on any atom is -0.507 e. The van der Waals surface area contributed by atoms with Gasteiger partial charge in [0, 0.05) is 29.8 Å². The van der Waals surface area contributed by atoms with E-state index in [1.165, 1.54) is 23.6 Å². The van der Waals surface area contributed by atoms with Gasteiger partial charge >= 0.3 is 11.9 Å². The number of carbonyl (C=O) groups is 3. The third kappa shape index (κ3) is 7.30. The van der Waals surface area contributed by atoms with E-state index < -0.39 is 35.5 Å². The number of hydrogen-bond acceptors (Lipinski definition) is 8. The third-order valence-electron chi connectivity index (χ3n) is 8.28. The summed E-state index contributed by atoms with van der Waals surface area (Å²) in [4.78, 5) is 45.7. The lowest BCUT2D eigenvalue weighted by Gasteiger charge is -2.50. The van der Waals surface area contributed by atoms with E-state index in [-0.39, 0.29) is 29.1 Å². The molecule has 2 aliphatic heterocycles. The first-order valence-corrected chi connectivity index (χ1v) is 16.6. The van der Waals surface area contributed by atoms with Gasteiger partial charge in [0.25, 0.3) is 5.91 Å². The molecule has 0 spiro atoms. The molecule has 1 N–H and O–H groups in total. The molecule has 8 nitrogen and oxygen atoms in total. The zero-order chi connectivity index (χ0) is 34.1. The Balaban J connectivity index is 1.45. The fraction of sp³-hybridized carbons (Fsp3) is 0.368. The smallest absolute Gasteiger partial charge is 0.334 e. The Kier molecular flexibility index (Phi) is 9.68. The van der Waals surface area contributed by atoms with E-state index in [2.05, 4.69) is 0 Å². The summed E-state index contributed by atoms with van der Waals surface area (Å²) in [7, 11) is 0. The van der Waals surface area contributed by atoms with Gasteiger partial charge in [-0.1, -0.05) is 102 Å². The molecule has 47 heavy (non-hydrogen) atoms. The number of aliphatic imine (C=N–C) groups is 1. The molecule has 0 bridgehead atoms. The highest BCUT2D eigenvalue weighted by atomic mass is 32.2. The molecule has 2 aliphatic rings. The van der Waals surface area contributed by atoms with Crippen LogP contribution in [0.4, 0.5) is 0 Å². The van der Waals surface area contributed by atoms with Crippen molar-refractivity contribution < 1.29 is 29.0 Å². The molecule has 2 heterocycles. The predicted molar refractivity (Wildman–Crippen MR) is 184 cm³/mol. The van der Waals surface area contributed by atoms with Crippen molar-refractivity contribution in [2.75, 3.05) is 6.61 Å². The lowest BCUT2D eigenvalue weighted by Crippen LogP contribution is -2.69. The first-order chi connectivity index (χ1) is 22.2. The van der Waals surface area contributed by atoms with Gasteiger partial charge in [-0.25, -0.2) is 4.79 Å². The van der Waals surface area contributed by atoms with E-state index in [0.29, 0.717) is 5.57 Å². The molecule has 1 fully saturated rings. The molecular weight excluding hydrogens is 612 g/mol. The fourth-order valence-corrected chi connectivity index (χ4v) is 6.99. The summed E-state index contributed by atoms with van der Waals surface area (Å²) in [5, 5.41) is 12.4. The molecule has 3 aromatic carbocycles. The lowest BCUT2D eigenvalue weighted by molar-refractivity contribution is -0.164. The minimum atomic E-state index is -1.08. The summed E-state index contributed by atoms with van der Waals surface area (Å²) < 4.78 is 11.5. The van der Waals surface area contributed by atoms with Crippen LogP contribution in [0.25, 0.3) is 0 Å². The first kappa shape index (κ1) is 34.0. The molecule has 3 aromatic rings. The number of hydrogen-bond donors (Lipinski definition) is 1. The molecule has 9 heteroatoms. The van der Waals surface area contributed by atoms with Crippen LogP contribution >= 0.6 is 11.8 Å². The standard InChI is InChI=1S/C38H42N2O6S/c1-23(41)45-21-27-22-47-35-30(39-20-24-18-28(37(2,3)4)32(42)29(19-24)38(5,6)7)34(43)40(35)31(27)36(44)46-33(25-14-10-8-11-15-25)26-16-12-9-13-17-26/h8-20,22,30-31,33,35,42H,21H2,1-7H3/b39-20+/t30-,31?,35-/m1/s1. The molecule has 0 radical (unpaired) electrons. The van der Waals surface area contributed by atoms with Crippen molar-refractivity contribution in [3.63, 3.8) is 0 Å². The second-order valence-corrected chi connectivity index (χ2v) is 15.0. The van der Waals surface area contributed by atoms with Crippen molar-refractivity contribution in [2.24, 2.45) is 4.99 Å². The molecule has 246 valence electrons. The Labute approximate surface area is 280 Å². The predicted octanol–water partition coefficient (Wildman–Crippen LogP) is 6.84. The van der Waals surface area contributed by atoms with Gasteiger partial charge in [0.1, 0.15) is 17.7 Å². The van der Waals surface area contributed by atoms with Gasteiger partial charge in [-0.05, 0) is 45.1 Å². The summed E-state index contributed by atoms with van der Waals surface area (Å²) in [6.45, 7) is 13.4. The highest BCUT2D eigenvalue weighted by molar-refractivity contribution is 8.03.